The van der Waals surface area contributed by atoms with Crippen molar-refractivity contribution in [3.05, 3.63) is 40.4 Å². The van der Waals surface area contributed by atoms with Gasteiger partial charge in [0.05, 0.1) is 5.92 Å². The maximum absolute atomic E-state index is 12.9. The van der Waals surface area contributed by atoms with Crippen LogP contribution in [0.4, 0.5) is 13.2 Å². The van der Waals surface area contributed by atoms with Gasteiger partial charge in [-0.15, -0.1) is 0 Å². The molecule has 1 saturated heterocycles. The number of hydrogen-bond acceptors (Lipinski definition) is 2. The van der Waals surface area contributed by atoms with E-state index < -0.39 is 12.1 Å². The van der Waals surface area contributed by atoms with Gasteiger partial charge in [0, 0.05) is 23.1 Å². The van der Waals surface area contributed by atoms with Crippen LogP contribution in [0.2, 0.25) is 0 Å². The van der Waals surface area contributed by atoms with Gasteiger partial charge < -0.3 is 5.11 Å². The van der Waals surface area contributed by atoms with Crippen LogP contribution >= 0.6 is 15.9 Å². The van der Waals surface area contributed by atoms with E-state index >= 15 is 0 Å². The number of hydrogen-bond donors (Lipinski definition) is 1. The number of halogens is 4. The average Bonchev–Trinajstić information content (AvgIpc) is 2.49. The Hall–Kier alpha value is -1.27. The molecule has 0 bridgehead atoms. The Labute approximate surface area is 141 Å². The van der Waals surface area contributed by atoms with Crippen LogP contribution in [0.25, 0.3) is 10.8 Å². The maximum atomic E-state index is 12.9. The SMILES string of the molecule is Oc1ccc2cc(Br)ccc2c1CN1CCC[C@H](C(F)(F)F)C1. The molecule has 1 aliphatic rings. The van der Waals surface area contributed by atoms with E-state index in [-0.39, 0.29) is 18.7 Å². The van der Waals surface area contributed by atoms with Gasteiger partial charge in [-0.3, -0.25) is 4.90 Å². The molecule has 1 heterocycles. The molecule has 2 aromatic rings. The highest BCUT2D eigenvalue weighted by Gasteiger charge is 2.41. The van der Waals surface area contributed by atoms with Crippen LogP contribution < -0.4 is 0 Å². The van der Waals surface area contributed by atoms with Gasteiger partial charge >= 0.3 is 6.18 Å². The molecule has 0 saturated carbocycles. The summed E-state index contributed by atoms with van der Waals surface area (Å²) >= 11 is 3.41. The molecule has 0 radical (unpaired) electrons. The van der Waals surface area contributed by atoms with E-state index in [0.717, 1.165) is 15.2 Å². The molecule has 124 valence electrons. The molecule has 0 aliphatic carbocycles. The van der Waals surface area contributed by atoms with Gasteiger partial charge in [-0.05, 0) is 48.4 Å². The van der Waals surface area contributed by atoms with Gasteiger partial charge in [-0.25, -0.2) is 0 Å². The molecule has 1 fully saturated rings. The molecule has 1 aliphatic heterocycles. The van der Waals surface area contributed by atoms with Gasteiger partial charge in [-0.1, -0.05) is 28.1 Å². The second-order valence-corrected chi connectivity index (χ2v) is 6.96. The number of fused-ring (bicyclic) bond motifs is 1. The minimum Gasteiger partial charge on any atom is -0.508 e. The van der Waals surface area contributed by atoms with Crippen molar-refractivity contribution in [3.8, 4) is 5.75 Å². The molecule has 0 unspecified atom stereocenters. The average molecular weight is 388 g/mol. The Kier molecular flexibility index (Phi) is 4.56. The summed E-state index contributed by atoms with van der Waals surface area (Å²) in [4.78, 5) is 1.79. The highest BCUT2D eigenvalue weighted by atomic mass is 79.9. The topological polar surface area (TPSA) is 23.5 Å². The highest BCUT2D eigenvalue weighted by Crippen LogP contribution is 2.35. The normalized spacial score (nSPS) is 20.1. The van der Waals surface area contributed by atoms with Crippen LogP contribution in [0.15, 0.2) is 34.8 Å². The number of phenols is 1. The maximum Gasteiger partial charge on any atom is 0.393 e. The van der Waals surface area contributed by atoms with Crippen LogP contribution in [-0.2, 0) is 6.54 Å². The number of aromatic hydroxyl groups is 1. The number of benzene rings is 2. The van der Waals surface area contributed by atoms with E-state index in [0.29, 0.717) is 25.1 Å². The third-order valence-electron chi connectivity index (χ3n) is 4.42. The molecule has 2 nitrogen and oxygen atoms in total. The fraction of sp³-hybridized carbons (Fsp3) is 0.412. The number of nitrogens with zero attached hydrogens (tertiary/aromatic N) is 1. The first-order valence-corrected chi connectivity index (χ1v) is 8.33. The summed E-state index contributed by atoms with van der Waals surface area (Å²) in [5.41, 5.74) is 0.692. The lowest BCUT2D eigenvalue weighted by atomic mass is 9.96. The first kappa shape index (κ1) is 16.6. The number of alkyl halides is 3. The Bertz CT molecular complexity index is 717. The molecule has 0 spiro atoms. The van der Waals surface area contributed by atoms with Crippen molar-refractivity contribution < 1.29 is 18.3 Å². The summed E-state index contributed by atoms with van der Waals surface area (Å²) < 4.78 is 39.8. The van der Waals surface area contributed by atoms with E-state index in [2.05, 4.69) is 15.9 Å². The summed E-state index contributed by atoms with van der Waals surface area (Å²) in [5.74, 6) is -1.14. The zero-order valence-corrected chi connectivity index (χ0v) is 14.0. The summed E-state index contributed by atoms with van der Waals surface area (Å²) in [6, 6.07) is 9.12. The molecule has 1 N–H and O–H groups in total. The van der Waals surface area contributed by atoms with E-state index in [1.54, 1.807) is 11.0 Å². The Morgan fingerprint density at radius 3 is 2.74 bits per heavy atom. The predicted molar refractivity (Wildman–Crippen MR) is 87.4 cm³/mol. The van der Waals surface area contributed by atoms with Gasteiger partial charge in [0.1, 0.15) is 5.75 Å². The van der Waals surface area contributed by atoms with Crippen LogP contribution in [-0.4, -0.2) is 29.3 Å². The van der Waals surface area contributed by atoms with Gasteiger partial charge in [0.25, 0.3) is 0 Å². The summed E-state index contributed by atoms with van der Waals surface area (Å²) in [7, 11) is 0. The van der Waals surface area contributed by atoms with Crippen molar-refractivity contribution in [2.45, 2.75) is 25.6 Å². The number of likely N-dealkylation sites (tertiary alicyclic amines) is 1. The minimum atomic E-state index is -4.15. The summed E-state index contributed by atoms with van der Waals surface area (Å²) in [5, 5.41) is 12.0. The molecule has 0 amide bonds. The fourth-order valence-corrected chi connectivity index (χ4v) is 3.59. The lowest BCUT2D eigenvalue weighted by molar-refractivity contribution is -0.187. The van der Waals surface area contributed by atoms with Crippen molar-refractivity contribution in [1.82, 2.24) is 4.90 Å². The molecule has 23 heavy (non-hydrogen) atoms. The number of piperidine rings is 1. The van der Waals surface area contributed by atoms with E-state index in [1.807, 2.05) is 24.3 Å². The van der Waals surface area contributed by atoms with Gasteiger partial charge in [0.15, 0.2) is 0 Å². The smallest absolute Gasteiger partial charge is 0.393 e. The Morgan fingerprint density at radius 1 is 1.22 bits per heavy atom. The molecule has 6 heteroatoms. The monoisotopic (exact) mass is 387 g/mol. The van der Waals surface area contributed by atoms with Crippen LogP contribution in [0, 0.1) is 5.92 Å². The third kappa shape index (κ3) is 3.63. The van der Waals surface area contributed by atoms with E-state index in [4.69, 9.17) is 0 Å². The Balaban J connectivity index is 1.88. The van der Waals surface area contributed by atoms with Crippen LogP contribution in [0.1, 0.15) is 18.4 Å². The summed E-state index contributed by atoms with van der Waals surface area (Å²) in [6.45, 7) is 0.951. The molecule has 1 atom stereocenters. The summed E-state index contributed by atoms with van der Waals surface area (Å²) in [6.07, 6.45) is -3.43. The largest absolute Gasteiger partial charge is 0.508 e. The Morgan fingerprint density at radius 2 is 2.00 bits per heavy atom. The quantitative estimate of drug-likeness (QED) is 0.776. The lowest BCUT2D eigenvalue weighted by Gasteiger charge is -2.34. The number of rotatable bonds is 2. The van der Waals surface area contributed by atoms with Crippen LogP contribution in [0.5, 0.6) is 5.75 Å². The van der Waals surface area contributed by atoms with Crippen molar-refractivity contribution in [2.24, 2.45) is 5.92 Å². The first-order valence-electron chi connectivity index (χ1n) is 7.54. The second kappa shape index (κ2) is 6.32. The van der Waals surface area contributed by atoms with E-state index in [1.165, 1.54) is 0 Å². The van der Waals surface area contributed by atoms with Crippen molar-refractivity contribution in [2.75, 3.05) is 13.1 Å². The zero-order valence-electron chi connectivity index (χ0n) is 12.4. The highest BCUT2D eigenvalue weighted by molar-refractivity contribution is 9.10. The molecule has 3 rings (SSSR count). The van der Waals surface area contributed by atoms with Gasteiger partial charge in [0.2, 0.25) is 0 Å². The van der Waals surface area contributed by atoms with Crippen molar-refractivity contribution in [3.63, 3.8) is 0 Å². The van der Waals surface area contributed by atoms with Gasteiger partial charge in [-0.2, -0.15) is 13.2 Å². The standard InChI is InChI=1S/C17H17BrF3NO/c18-13-4-5-14-11(8-13)3-6-16(23)15(14)10-22-7-1-2-12(9-22)17(19,20)21/h3-6,8,12,23H,1-2,7,9-10H2/t12-/m0/s1. The lowest BCUT2D eigenvalue weighted by Crippen LogP contribution is -2.41. The zero-order chi connectivity index (χ0) is 16.6. The molecular formula is C17H17BrF3NO. The van der Waals surface area contributed by atoms with Crippen LogP contribution in [0.3, 0.4) is 0 Å². The van der Waals surface area contributed by atoms with Crippen molar-refractivity contribution >= 4 is 26.7 Å². The van der Waals surface area contributed by atoms with Crippen molar-refractivity contribution in [1.29, 1.82) is 0 Å². The number of phenolic OH excluding ortho intramolecular Hbond substituents is 1. The minimum absolute atomic E-state index is 0.00411. The molecule has 2 aromatic carbocycles. The second-order valence-electron chi connectivity index (χ2n) is 6.04. The van der Waals surface area contributed by atoms with E-state index in [9.17, 15) is 18.3 Å². The predicted octanol–water partition coefficient (Wildman–Crippen LogP) is 5.08. The fourth-order valence-electron chi connectivity index (χ4n) is 3.21. The molecular weight excluding hydrogens is 371 g/mol. The third-order valence-corrected chi connectivity index (χ3v) is 4.91. The first-order chi connectivity index (χ1) is 10.8. The molecule has 0 aromatic heterocycles.